The van der Waals surface area contributed by atoms with Crippen molar-refractivity contribution in [1.29, 1.82) is 0 Å². The molecule has 0 radical (unpaired) electrons. The number of aliphatic hydroxyl groups excluding tert-OH is 2. The predicted octanol–water partition coefficient (Wildman–Crippen LogP) is -5.86. The lowest BCUT2D eigenvalue weighted by Gasteiger charge is -2.31. The molecule has 0 fully saturated rings. The summed E-state index contributed by atoms with van der Waals surface area (Å²) in [5, 5.41) is 92.3. The third-order valence-corrected chi connectivity index (χ3v) is 19.1. The van der Waals surface area contributed by atoms with Gasteiger partial charge in [0.2, 0.25) is 94.5 Å². The van der Waals surface area contributed by atoms with E-state index in [-0.39, 0.29) is 69.7 Å². The Morgan fingerprint density at radius 3 is 1.07 bits per heavy atom. The molecule has 0 saturated heterocycles. The summed E-state index contributed by atoms with van der Waals surface area (Å²) in [5.41, 5.74) is 22.6. The molecule has 0 bridgehead atoms. The van der Waals surface area contributed by atoms with E-state index in [1.807, 2.05) is 0 Å². The maximum Gasteiger partial charge on any atom is 0.326 e. The summed E-state index contributed by atoms with van der Waals surface area (Å²) in [6, 6.07) is -15.4. The minimum Gasteiger partial charge on any atom is -0.481 e. The van der Waals surface area contributed by atoms with Gasteiger partial charge >= 0.3 is 23.9 Å². The first-order chi connectivity index (χ1) is 56.7. The number of carboxylic acids is 4. The van der Waals surface area contributed by atoms with Gasteiger partial charge in [0.05, 0.1) is 26.2 Å². The maximum absolute atomic E-state index is 14.6. The first-order valence-corrected chi connectivity index (χ1v) is 40.1. The molecule has 0 heterocycles. The molecule has 16 amide bonds. The largest absolute Gasteiger partial charge is 0.481 e. The van der Waals surface area contributed by atoms with Gasteiger partial charge in [0.25, 0.3) is 0 Å². The number of unbranched alkanes of at least 4 members (excludes halogenated alkanes) is 1. The van der Waals surface area contributed by atoms with Gasteiger partial charge in [-0.2, -0.15) is 0 Å². The van der Waals surface area contributed by atoms with E-state index in [0.717, 1.165) is 0 Å². The fraction of sp³-hybridized carbons (Fsp3) is 0.662. The molecule has 1 aromatic rings. The van der Waals surface area contributed by atoms with Crippen LogP contribution in [0.25, 0.3) is 0 Å². The van der Waals surface area contributed by atoms with Crippen LogP contribution in [-0.2, 0) is 102 Å². The highest BCUT2D eigenvalue weighted by Crippen LogP contribution is 2.18. The van der Waals surface area contributed by atoms with Gasteiger partial charge in [0, 0.05) is 32.1 Å². The monoisotopic (exact) mass is 1720 g/mol. The number of carboxylic acid groups (broad SMARTS) is 4. The van der Waals surface area contributed by atoms with Crippen LogP contribution in [0.1, 0.15) is 184 Å². The number of hydrogen-bond acceptors (Lipinski definition) is 24. The Kier molecular flexibility index (Phi) is 49.8. The number of nitrogens with one attached hydrogen (secondary N) is 14. The number of hydrogen-bond donors (Lipinski definition) is 24. The van der Waals surface area contributed by atoms with Crippen molar-refractivity contribution >= 4 is 118 Å². The van der Waals surface area contributed by atoms with Crippen LogP contribution in [0.15, 0.2) is 30.3 Å². The summed E-state index contributed by atoms with van der Waals surface area (Å²) in [6.45, 7) is 13.7. The number of rotatable bonds is 61. The minimum atomic E-state index is -2.00. The van der Waals surface area contributed by atoms with Crippen molar-refractivity contribution in [2.24, 2.45) is 52.5 Å². The lowest BCUT2D eigenvalue weighted by Crippen LogP contribution is -2.63. The van der Waals surface area contributed by atoms with Gasteiger partial charge in [-0.05, 0) is 106 Å². The van der Waals surface area contributed by atoms with Crippen molar-refractivity contribution in [2.45, 2.75) is 269 Å². The number of nitrogens with two attached hydrogens (primary N) is 4. The van der Waals surface area contributed by atoms with E-state index in [1.165, 1.54) is 13.8 Å². The molecule has 121 heavy (non-hydrogen) atoms. The van der Waals surface area contributed by atoms with Crippen molar-refractivity contribution in [1.82, 2.24) is 74.4 Å². The third kappa shape index (κ3) is 42.3. The third-order valence-electron chi connectivity index (χ3n) is 19.1. The smallest absolute Gasteiger partial charge is 0.326 e. The van der Waals surface area contributed by atoms with Crippen LogP contribution in [0, 0.1) is 29.6 Å². The summed E-state index contributed by atoms with van der Waals surface area (Å²) < 4.78 is 0. The summed E-state index contributed by atoms with van der Waals surface area (Å²) in [4.78, 5) is 269. The van der Waals surface area contributed by atoms with Crippen LogP contribution in [-0.4, -0.2) is 260 Å². The van der Waals surface area contributed by atoms with Crippen LogP contribution in [0.3, 0.4) is 0 Å². The Morgan fingerprint density at radius 1 is 0.355 bits per heavy atom. The first kappa shape index (κ1) is 107. The van der Waals surface area contributed by atoms with Crippen LogP contribution in [0.4, 0.5) is 0 Å². The van der Waals surface area contributed by atoms with Crippen molar-refractivity contribution in [3.05, 3.63) is 35.9 Å². The molecule has 1 rings (SSSR count). The highest BCUT2D eigenvalue weighted by molar-refractivity contribution is 6.01. The van der Waals surface area contributed by atoms with E-state index in [9.17, 15) is 127 Å². The maximum atomic E-state index is 14.6. The first-order valence-electron chi connectivity index (χ1n) is 40.1. The fourth-order valence-corrected chi connectivity index (χ4v) is 11.9. The second kappa shape index (κ2) is 56.1. The molecular weight excluding hydrogens is 1590 g/mol. The molecular formula is C77H126N18O26. The number of carbonyl (C=O) groups excluding carboxylic acids is 16. The molecule has 0 spiro atoms. The predicted molar refractivity (Wildman–Crippen MR) is 431 cm³/mol. The lowest BCUT2D eigenvalue weighted by atomic mass is 9.94. The molecule has 44 nitrogen and oxygen atoms in total. The van der Waals surface area contributed by atoms with Crippen LogP contribution >= 0.6 is 0 Å². The van der Waals surface area contributed by atoms with Gasteiger partial charge < -0.3 is 128 Å². The zero-order valence-electron chi connectivity index (χ0n) is 70.1. The average Bonchev–Trinajstić information content (AvgIpc) is 0.840. The van der Waals surface area contributed by atoms with E-state index in [1.54, 1.807) is 85.7 Å². The molecule has 0 aliphatic rings. The van der Waals surface area contributed by atoms with Crippen molar-refractivity contribution in [3.63, 3.8) is 0 Å². The van der Waals surface area contributed by atoms with E-state index in [2.05, 4.69) is 74.4 Å². The normalized spacial score (nSPS) is 15.1. The lowest BCUT2D eigenvalue weighted by molar-refractivity contribution is -0.143. The van der Waals surface area contributed by atoms with E-state index in [0.29, 0.717) is 12.0 Å². The Bertz CT molecular complexity index is 3680. The number of carbonyl (C=O) groups is 20. The summed E-state index contributed by atoms with van der Waals surface area (Å²) in [6.07, 6.45) is -6.21. The molecule has 0 aliphatic carbocycles. The molecule has 0 unspecified atom stereocenters. The van der Waals surface area contributed by atoms with Crippen molar-refractivity contribution < 1.29 is 127 Å². The zero-order chi connectivity index (χ0) is 92.1. The summed E-state index contributed by atoms with van der Waals surface area (Å²) >= 11 is 0. The molecule has 0 aliphatic heterocycles. The van der Waals surface area contributed by atoms with Gasteiger partial charge in [0.1, 0.15) is 84.6 Å². The molecule has 0 aromatic heterocycles. The zero-order valence-corrected chi connectivity index (χ0v) is 70.1. The Labute approximate surface area is 700 Å². The van der Waals surface area contributed by atoms with Gasteiger partial charge in [-0.3, -0.25) is 91.1 Å². The number of amides is 16. The van der Waals surface area contributed by atoms with Crippen LogP contribution in [0.2, 0.25) is 0 Å². The summed E-state index contributed by atoms with van der Waals surface area (Å²) in [7, 11) is 0. The van der Waals surface area contributed by atoms with Crippen molar-refractivity contribution in [2.75, 3.05) is 26.3 Å². The van der Waals surface area contributed by atoms with Crippen molar-refractivity contribution in [3.8, 4) is 0 Å². The van der Waals surface area contributed by atoms with E-state index < -0.39 is 298 Å². The number of aliphatic hydroxyl groups is 2. The topological polar surface area (TPSA) is 735 Å². The van der Waals surface area contributed by atoms with E-state index >= 15 is 0 Å². The number of aliphatic carboxylic acids is 4. The molecule has 16 atom stereocenters. The number of primary amides is 2. The highest BCUT2D eigenvalue weighted by Gasteiger charge is 2.40. The van der Waals surface area contributed by atoms with Gasteiger partial charge in [-0.1, -0.05) is 112 Å². The standard InChI is InChI=1S/C77H126N18O26/c1-11-41(9)62(75(118)91-53(34-57(81)99)73(116)90-52(33-43-18-14-13-15-19-43)72(115)88-47(22-26-59(101)102)66(109)84-45(20-16-17-29-78)65(108)92-54(77(120)121)32-40(7)8)95-76(119)63(42(10)12-2)94-74(117)55(37-97)93-69(112)49(24-28-61(105)106)87-71(114)51(31-39(5)6)89-68(111)46(21-25-56(80)98)85-67(110)48(23-27-60(103)104)86-70(113)50(30-38(3)4)83-58(100)35-82-64(107)44(79)36-96/h13-15,18-19,38-42,44-55,62-63,96-97H,11-12,16-17,20-37,78-79H2,1-10H3,(H2,80,98)(H2,81,99)(H,82,107)(H,83,100)(H,84,109)(H,85,110)(H,86,113)(H,87,114)(H,88,115)(H,89,111)(H,90,116)(H,91,118)(H,92,108)(H,93,112)(H,94,117)(H,95,119)(H,101,102)(H,103,104)(H,105,106)(H,120,121)/t41-,42-,44-,45-,46-,47-,48-,49-,50-,51-,52-,53-,54-,55-,62-,63-/m0/s1. The molecule has 28 N–H and O–H groups in total. The van der Waals surface area contributed by atoms with Gasteiger partial charge in [-0.25, -0.2) is 4.79 Å². The van der Waals surface area contributed by atoms with Crippen LogP contribution in [0.5, 0.6) is 0 Å². The van der Waals surface area contributed by atoms with Crippen LogP contribution < -0.4 is 97.4 Å². The second-order valence-corrected chi connectivity index (χ2v) is 30.8. The minimum absolute atomic E-state index is 0.0147. The fourth-order valence-electron chi connectivity index (χ4n) is 11.9. The molecule has 44 heteroatoms. The molecule has 0 saturated carbocycles. The highest BCUT2D eigenvalue weighted by atomic mass is 16.4. The van der Waals surface area contributed by atoms with Gasteiger partial charge in [0.15, 0.2) is 0 Å². The quantitative estimate of drug-likeness (QED) is 0.0270. The Morgan fingerprint density at radius 2 is 0.686 bits per heavy atom. The molecule has 1 aromatic carbocycles. The SMILES string of the molecule is CC[C@H](C)[C@H](NC(=O)[C@H](CO)NC(=O)[C@H](CCC(=O)O)NC(=O)[C@H](CC(C)C)NC(=O)[C@H](CCC(N)=O)NC(=O)[C@H](CCC(=O)O)NC(=O)[C@H](CC(C)C)NC(=O)CNC(=O)[C@@H](N)CO)C(=O)N[C@H](C(=O)N[C@@H](CC(N)=O)C(=O)N[C@@H](Cc1ccccc1)C(=O)N[C@@H](CCC(=O)O)C(=O)N[C@@H](CCCCN)C(=O)N[C@@H](CC(C)C)C(=O)O)[C@@H](C)CC. The number of benzene rings is 1. The average molecular weight is 1720 g/mol. The second-order valence-electron chi connectivity index (χ2n) is 30.8. The summed E-state index contributed by atoms with van der Waals surface area (Å²) in [5.74, 6) is -26.0. The molecule has 680 valence electrons. The van der Waals surface area contributed by atoms with Gasteiger partial charge in [-0.15, -0.1) is 0 Å². The Hall–Kier alpha value is -11.5. The van der Waals surface area contributed by atoms with E-state index in [4.69, 9.17) is 22.9 Å². The Balaban J connectivity index is 3.75.